The Balaban J connectivity index is 1.78. The molecular formula is C22H19F3O3S. The molecule has 152 valence electrons. The fourth-order valence-electron chi connectivity index (χ4n) is 2.93. The minimum absolute atomic E-state index is 0.0314. The van der Waals surface area contributed by atoms with E-state index in [-0.39, 0.29) is 30.8 Å². The van der Waals surface area contributed by atoms with Gasteiger partial charge in [-0.1, -0.05) is 37.3 Å². The first kappa shape index (κ1) is 20.9. The summed E-state index contributed by atoms with van der Waals surface area (Å²) in [6.45, 7) is 1.92. The minimum Gasteiger partial charge on any atom is -0.485 e. The van der Waals surface area contributed by atoms with Gasteiger partial charge in [0.25, 0.3) is 0 Å². The lowest BCUT2D eigenvalue weighted by Gasteiger charge is -2.11. The molecule has 0 amide bonds. The maximum Gasteiger partial charge on any atom is 0.303 e. The van der Waals surface area contributed by atoms with E-state index in [0.29, 0.717) is 10.4 Å². The zero-order valence-electron chi connectivity index (χ0n) is 15.7. The molecule has 0 aliphatic carbocycles. The lowest BCUT2D eigenvalue weighted by Crippen LogP contribution is -2.03. The highest BCUT2D eigenvalue weighted by Crippen LogP contribution is 2.33. The molecule has 0 saturated carbocycles. The molecule has 0 saturated heterocycles. The van der Waals surface area contributed by atoms with Crippen LogP contribution in [-0.2, 0) is 24.2 Å². The third-order valence-corrected chi connectivity index (χ3v) is 5.44. The van der Waals surface area contributed by atoms with Gasteiger partial charge in [0, 0.05) is 12.0 Å². The summed E-state index contributed by atoms with van der Waals surface area (Å²) in [7, 11) is 0. The summed E-state index contributed by atoms with van der Waals surface area (Å²) < 4.78 is 47.7. The molecule has 7 heteroatoms. The Morgan fingerprint density at radius 2 is 1.79 bits per heavy atom. The highest BCUT2D eigenvalue weighted by atomic mass is 32.1. The van der Waals surface area contributed by atoms with Crippen LogP contribution < -0.4 is 4.74 Å². The molecule has 3 aromatic rings. The van der Waals surface area contributed by atoms with Gasteiger partial charge < -0.3 is 9.84 Å². The largest absolute Gasteiger partial charge is 0.485 e. The summed E-state index contributed by atoms with van der Waals surface area (Å²) in [5, 5.41) is 8.29. The average Bonchev–Trinajstić information content (AvgIpc) is 3.08. The van der Waals surface area contributed by atoms with E-state index in [4.69, 9.17) is 9.84 Å². The molecule has 0 aliphatic rings. The van der Waals surface area contributed by atoms with Crippen molar-refractivity contribution in [3.05, 3.63) is 75.2 Å². The lowest BCUT2D eigenvalue weighted by molar-refractivity contribution is -0.136. The number of aliphatic carboxylic acids is 1. The van der Waals surface area contributed by atoms with Crippen LogP contribution in [0.4, 0.5) is 13.2 Å². The zero-order valence-corrected chi connectivity index (χ0v) is 16.5. The fraction of sp³-hybridized carbons (Fsp3) is 0.227. The first-order valence-corrected chi connectivity index (χ1v) is 9.89. The van der Waals surface area contributed by atoms with Gasteiger partial charge in [0.15, 0.2) is 16.7 Å². The molecule has 3 rings (SSSR count). The van der Waals surface area contributed by atoms with E-state index in [0.717, 1.165) is 28.9 Å². The normalized spacial score (nSPS) is 10.9. The number of hydrogen-bond acceptors (Lipinski definition) is 3. The van der Waals surface area contributed by atoms with Gasteiger partial charge in [0.2, 0.25) is 5.82 Å². The van der Waals surface area contributed by atoms with E-state index in [1.165, 1.54) is 18.2 Å². The number of rotatable bonds is 8. The molecule has 29 heavy (non-hydrogen) atoms. The maximum atomic E-state index is 14.3. The molecule has 1 N–H and O–H groups in total. The van der Waals surface area contributed by atoms with Crippen molar-refractivity contribution in [3.63, 3.8) is 0 Å². The van der Waals surface area contributed by atoms with E-state index in [1.54, 1.807) is 0 Å². The summed E-state index contributed by atoms with van der Waals surface area (Å²) in [4.78, 5) is 11.2. The Labute approximate surface area is 170 Å². The number of thiophene rings is 1. The smallest absolute Gasteiger partial charge is 0.303 e. The Bertz CT molecular complexity index is 1010. The van der Waals surface area contributed by atoms with Crippen LogP contribution in [-0.4, -0.2) is 11.1 Å². The SMILES string of the molecule is CCc1ccc(-c2cc(F)sc2COc2ccc(CCC(=O)O)c(F)c2F)cc1. The van der Waals surface area contributed by atoms with Crippen molar-refractivity contribution in [2.45, 2.75) is 32.8 Å². The highest BCUT2D eigenvalue weighted by molar-refractivity contribution is 7.10. The molecule has 3 nitrogen and oxygen atoms in total. The summed E-state index contributed by atoms with van der Waals surface area (Å²) in [5.41, 5.74) is 2.59. The summed E-state index contributed by atoms with van der Waals surface area (Å²) >= 11 is 0.890. The standard InChI is InChI=1S/C22H19F3O3S/c1-2-13-3-5-14(6-4-13)16-11-19(23)29-18(16)12-28-17-9-7-15(8-10-20(26)27)21(24)22(17)25/h3-7,9,11H,2,8,10,12H2,1H3,(H,26,27). The van der Waals surface area contributed by atoms with Crippen LogP contribution in [0.3, 0.4) is 0 Å². The quantitative estimate of drug-likeness (QED) is 0.487. The Morgan fingerprint density at radius 1 is 1.07 bits per heavy atom. The second-order valence-electron chi connectivity index (χ2n) is 6.47. The van der Waals surface area contributed by atoms with E-state index < -0.39 is 22.7 Å². The fourth-order valence-corrected chi connectivity index (χ4v) is 3.75. The minimum atomic E-state index is -1.18. The van der Waals surface area contributed by atoms with E-state index in [9.17, 15) is 18.0 Å². The highest BCUT2D eigenvalue weighted by Gasteiger charge is 2.17. The van der Waals surface area contributed by atoms with Gasteiger partial charge in [0.05, 0.1) is 4.88 Å². The second-order valence-corrected chi connectivity index (χ2v) is 7.56. The number of aryl methyl sites for hydroxylation is 2. The number of hydrogen-bond donors (Lipinski definition) is 1. The molecule has 0 unspecified atom stereocenters. The van der Waals surface area contributed by atoms with Crippen molar-refractivity contribution in [1.29, 1.82) is 0 Å². The van der Waals surface area contributed by atoms with Crippen molar-refractivity contribution in [2.75, 3.05) is 0 Å². The van der Waals surface area contributed by atoms with E-state index in [1.807, 2.05) is 31.2 Å². The lowest BCUT2D eigenvalue weighted by atomic mass is 10.0. The van der Waals surface area contributed by atoms with Crippen LogP contribution >= 0.6 is 11.3 Å². The molecular weight excluding hydrogens is 401 g/mol. The number of halogens is 3. The van der Waals surface area contributed by atoms with E-state index in [2.05, 4.69) is 0 Å². The van der Waals surface area contributed by atoms with Crippen LogP contribution in [0, 0.1) is 16.8 Å². The third kappa shape index (κ3) is 4.98. The van der Waals surface area contributed by atoms with Gasteiger partial charge in [-0.05, 0) is 41.7 Å². The number of carboxylic acid groups (broad SMARTS) is 1. The van der Waals surface area contributed by atoms with Crippen molar-refractivity contribution >= 4 is 17.3 Å². The number of ether oxygens (including phenoxy) is 1. The van der Waals surface area contributed by atoms with Crippen LogP contribution in [0.15, 0.2) is 42.5 Å². The van der Waals surface area contributed by atoms with Gasteiger partial charge >= 0.3 is 5.97 Å². The molecule has 1 heterocycles. The molecule has 0 fully saturated rings. The van der Waals surface area contributed by atoms with Gasteiger partial charge in [-0.25, -0.2) is 4.39 Å². The maximum absolute atomic E-state index is 14.3. The van der Waals surface area contributed by atoms with Crippen molar-refractivity contribution < 1.29 is 27.8 Å². The molecule has 0 spiro atoms. The molecule has 2 aromatic carbocycles. The van der Waals surface area contributed by atoms with Crippen LogP contribution in [0.2, 0.25) is 0 Å². The van der Waals surface area contributed by atoms with Crippen LogP contribution in [0.25, 0.3) is 11.1 Å². The molecule has 0 atom stereocenters. The molecule has 0 radical (unpaired) electrons. The summed E-state index contributed by atoms with van der Waals surface area (Å²) in [5.74, 6) is -3.71. The van der Waals surface area contributed by atoms with Crippen LogP contribution in [0.5, 0.6) is 5.75 Å². The predicted molar refractivity (Wildman–Crippen MR) is 106 cm³/mol. The van der Waals surface area contributed by atoms with E-state index >= 15 is 0 Å². The van der Waals surface area contributed by atoms with Gasteiger partial charge in [-0.2, -0.15) is 8.78 Å². The number of carboxylic acids is 1. The summed E-state index contributed by atoms with van der Waals surface area (Å²) in [6, 6.07) is 11.7. The average molecular weight is 420 g/mol. The Hall–Kier alpha value is -2.80. The first-order valence-electron chi connectivity index (χ1n) is 9.08. The second kappa shape index (κ2) is 9.13. The molecule has 0 bridgehead atoms. The predicted octanol–water partition coefficient (Wildman–Crippen LogP) is 5.99. The van der Waals surface area contributed by atoms with Crippen molar-refractivity contribution in [2.24, 2.45) is 0 Å². The van der Waals surface area contributed by atoms with Crippen molar-refractivity contribution in [3.8, 4) is 16.9 Å². The van der Waals surface area contributed by atoms with Gasteiger partial charge in [-0.15, -0.1) is 11.3 Å². The van der Waals surface area contributed by atoms with Gasteiger partial charge in [-0.3, -0.25) is 4.79 Å². The first-order chi connectivity index (χ1) is 13.9. The molecule has 1 aromatic heterocycles. The number of benzene rings is 2. The number of carbonyl (C=O) groups is 1. The van der Waals surface area contributed by atoms with Crippen LogP contribution in [0.1, 0.15) is 29.3 Å². The van der Waals surface area contributed by atoms with Crippen molar-refractivity contribution in [1.82, 2.24) is 0 Å². The zero-order chi connectivity index (χ0) is 21.0. The third-order valence-electron chi connectivity index (χ3n) is 4.55. The Morgan fingerprint density at radius 3 is 2.45 bits per heavy atom. The monoisotopic (exact) mass is 420 g/mol. The molecule has 0 aliphatic heterocycles. The Kier molecular flexibility index (Phi) is 6.59. The van der Waals surface area contributed by atoms with Gasteiger partial charge in [0.1, 0.15) is 6.61 Å². The topological polar surface area (TPSA) is 46.5 Å². The summed E-state index contributed by atoms with van der Waals surface area (Å²) in [6.07, 6.45) is 0.471.